The number of hydrazine groups is 1. The fraction of sp³-hybridized carbons (Fsp3) is 0.476. The number of unbranched alkanes of at least 4 members (excludes halogenated alkanes) is 1. The van der Waals surface area contributed by atoms with Crippen LogP contribution in [0.3, 0.4) is 0 Å². The first-order valence-electron chi connectivity index (χ1n) is 20.1. The second-order valence-corrected chi connectivity index (χ2v) is 15.1. The van der Waals surface area contributed by atoms with E-state index < -0.39 is 65.8 Å². The second-order valence-electron chi connectivity index (χ2n) is 15.1. The van der Waals surface area contributed by atoms with Crippen molar-refractivity contribution < 1.29 is 28.8 Å². The summed E-state index contributed by atoms with van der Waals surface area (Å²) in [5, 5.41) is 15.4. The fourth-order valence-electron chi connectivity index (χ4n) is 6.66. The van der Waals surface area contributed by atoms with Gasteiger partial charge >= 0.3 is 6.03 Å². The first kappa shape index (κ1) is 45.6. The minimum Gasteiger partial charge on any atom is -0.368 e. The Morgan fingerprint density at radius 3 is 2.36 bits per heavy atom. The summed E-state index contributed by atoms with van der Waals surface area (Å²) in [6.45, 7) is 6.22. The summed E-state index contributed by atoms with van der Waals surface area (Å²) in [6, 6.07) is 13.4. The third-order valence-electron chi connectivity index (χ3n) is 10.1. The van der Waals surface area contributed by atoms with Gasteiger partial charge in [-0.05, 0) is 83.0 Å². The van der Waals surface area contributed by atoms with Gasteiger partial charge in [0.25, 0.3) is 0 Å². The Morgan fingerprint density at radius 2 is 1.64 bits per heavy atom. The van der Waals surface area contributed by atoms with E-state index in [1.807, 2.05) is 61.2 Å². The minimum absolute atomic E-state index is 0.00818. The summed E-state index contributed by atoms with van der Waals surface area (Å²) in [6.07, 6.45) is 4.63. The number of nitrogens with two attached hydrogens (primary N) is 3. The molecule has 2 aromatic carbocycles. The standard InChI is InChI=1S/C42H59N11O6/c1-27(2)52-21-12-10-19-34(39(56)50-35(24-29-14-5-4-6-15-29)41(58)48-33(37(44)54)18-9-11-20-43)49-38(55)28(3)47-40(57)36(51-42(59)53(45)23-13-22-52)25-30-26-46-32-17-8-7-16-31(30)32/h4-8,14-17,26-28,33-36,46H,9-12,18-21,23-25,43,45H2,1-3H3,(H2,44,54)(H,47,57)(H,48,58)(H,49,55)(H,50,56)(H,51,59)/t28-,33-,34-,35+,36+/m0/s1. The molecule has 0 fully saturated rings. The van der Waals surface area contributed by atoms with Gasteiger partial charge in [-0.3, -0.25) is 29.0 Å². The molecule has 7 amide bonds. The van der Waals surface area contributed by atoms with Crippen molar-refractivity contribution in [3.8, 4) is 12.0 Å². The summed E-state index contributed by atoms with van der Waals surface area (Å²) in [4.78, 5) is 86.2. The van der Waals surface area contributed by atoms with Crippen LogP contribution < -0.4 is 43.9 Å². The van der Waals surface area contributed by atoms with E-state index in [0.717, 1.165) is 27.0 Å². The molecule has 0 bridgehead atoms. The quantitative estimate of drug-likeness (QED) is 0.0478. The van der Waals surface area contributed by atoms with E-state index in [1.54, 1.807) is 18.3 Å². The van der Waals surface area contributed by atoms with Gasteiger partial charge in [0, 0.05) is 48.6 Å². The van der Waals surface area contributed by atoms with Crippen molar-refractivity contribution in [2.75, 3.05) is 19.6 Å². The lowest BCUT2D eigenvalue weighted by atomic mass is 10.0. The first-order valence-corrected chi connectivity index (χ1v) is 20.1. The molecule has 318 valence electrons. The summed E-state index contributed by atoms with van der Waals surface area (Å²) in [7, 11) is 0. The minimum atomic E-state index is -1.15. The summed E-state index contributed by atoms with van der Waals surface area (Å²) < 4.78 is 0. The summed E-state index contributed by atoms with van der Waals surface area (Å²) >= 11 is 0. The van der Waals surface area contributed by atoms with E-state index in [9.17, 15) is 28.8 Å². The fourth-order valence-corrected chi connectivity index (χ4v) is 6.66. The number of aromatic amines is 1. The van der Waals surface area contributed by atoms with Crippen LogP contribution in [0.2, 0.25) is 0 Å². The normalized spacial score (nSPS) is 19.6. The molecule has 17 nitrogen and oxygen atoms in total. The van der Waals surface area contributed by atoms with Gasteiger partial charge in [0.15, 0.2) is 0 Å². The number of hydrogen-bond acceptors (Lipinski definition) is 9. The molecule has 12 N–H and O–H groups in total. The number of benzene rings is 2. The van der Waals surface area contributed by atoms with Crippen LogP contribution in [-0.2, 0) is 36.8 Å². The number of urea groups is 1. The third kappa shape index (κ3) is 14.0. The number of rotatable bonds is 14. The first-order chi connectivity index (χ1) is 28.3. The zero-order valence-electron chi connectivity index (χ0n) is 34.1. The molecule has 0 saturated carbocycles. The van der Waals surface area contributed by atoms with Gasteiger partial charge in [-0.2, -0.15) is 0 Å². The van der Waals surface area contributed by atoms with Gasteiger partial charge in [-0.1, -0.05) is 54.5 Å². The predicted octanol–water partition coefficient (Wildman–Crippen LogP) is 0.636. The molecule has 59 heavy (non-hydrogen) atoms. The lowest BCUT2D eigenvalue weighted by Crippen LogP contribution is -2.59. The number of H-pyrrole nitrogens is 1. The van der Waals surface area contributed by atoms with Crippen molar-refractivity contribution in [3.05, 3.63) is 71.9 Å². The molecular formula is C42H59N11O6. The van der Waals surface area contributed by atoms with Crippen LogP contribution in [-0.4, -0.2) is 106 Å². The Kier molecular flexibility index (Phi) is 17.6. The molecule has 1 aliphatic rings. The van der Waals surface area contributed by atoms with E-state index in [0.29, 0.717) is 38.8 Å². The summed E-state index contributed by atoms with van der Waals surface area (Å²) in [5.74, 6) is 5.75. The SMILES string of the molecule is CC(C)N1C#CCN(N)C(=O)N[C@H](Cc2c[nH]c3ccccc23)C(=O)N[C@@H](C)C(=O)N[C@H](C(=O)N[C@H](Cc2ccccc2)C(=O)N[C@@H](CCCCN)C(N)=O)CCCC1. The van der Waals surface area contributed by atoms with Crippen LogP contribution in [0.15, 0.2) is 60.8 Å². The molecule has 0 unspecified atom stereocenters. The number of carbonyl (C=O) groups excluding carboxylic acids is 6. The maximum absolute atomic E-state index is 14.2. The number of nitrogens with one attached hydrogen (secondary N) is 6. The van der Waals surface area contributed by atoms with Crippen LogP contribution in [0, 0.1) is 12.0 Å². The number of aromatic nitrogens is 1. The van der Waals surface area contributed by atoms with Crippen molar-refractivity contribution in [2.45, 2.75) is 108 Å². The maximum Gasteiger partial charge on any atom is 0.333 e. The van der Waals surface area contributed by atoms with Crippen molar-refractivity contribution in [2.24, 2.45) is 17.3 Å². The summed E-state index contributed by atoms with van der Waals surface area (Å²) in [5.41, 5.74) is 13.6. The van der Waals surface area contributed by atoms with Crippen LogP contribution in [0.4, 0.5) is 4.79 Å². The van der Waals surface area contributed by atoms with E-state index in [-0.39, 0.29) is 38.3 Å². The van der Waals surface area contributed by atoms with E-state index in [1.165, 1.54) is 6.92 Å². The number of fused-ring (bicyclic) bond motifs is 1. The molecule has 4 rings (SSSR count). The van der Waals surface area contributed by atoms with Gasteiger partial charge in [0.05, 0.1) is 0 Å². The van der Waals surface area contributed by atoms with Gasteiger partial charge in [0.1, 0.15) is 36.8 Å². The topological polar surface area (TPSA) is 263 Å². The highest BCUT2D eigenvalue weighted by molar-refractivity contribution is 5.96. The number of nitrogens with zero attached hydrogens (tertiary/aromatic N) is 2. The zero-order chi connectivity index (χ0) is 42.9. The van der Waals surface area contributed by atoms with Crippen molar-refractivity contribution in [1.82, 2.24) is 41.5 Å². The molecule has 0 saturated heterocycles. The van der Waals surface area contributed by atoms with Crippen LogP contribution in [0.25, 0.3) is 10.9 Å². The molecule has 5 atom stereocenters. The van der Waals surface area contributed by atoms with E-state index >= 15 is 0 Å². The Labute approximate surface area is 345 Å². The molecule has 1 aromatic heterocycles. The Balaban J connectivity index is 1.60. The van der Waals surface area contributed by atoms with Crippen molar-refractivity contribution >= 4 is 46.5 Å². The Morgan fingerprint density at radius 1 is 0.915 bits per heavy atom. The number of carbonyl (C=O) groups is 6. The lowest BCUT2D eigenvalue weighted by molar-refractivity contribution is -0.134. The zero-order valence-corrected chi connectivity index (χ0v) is 34.1. The smallest absolute Gasteiger partial charge is 0.333 e. The lowest BCUT2D eigenvalue weighted by Gasteiger charge is -2.27. The Hall–Kier alpha value is -6.12. The van der Waals surface area contributed by atoms with Crippen LogP contribution >= 0.6 is 0 Å². The third-order valence-corrected chi connectivity index (χ3v) is 10.1. The van der Waals surface area contributed by atoms with Crippen LogP contribution in [0.5, 0.6) is 0 Å². The van der Waals surface area contributed by atoms with E-state index in [4.69, 9.17) is 17.3 Å². The van der Waals surface area contributed by atoms with Crippen molar-refractivity contribution in [1.29, 1.82) is 0 Å². The molecule has 17 heteroatoms. The molecule has 2 heterocycles. The number of amides is 7. The highest BCUT2D eigenvalue weighted by Gasteiger charge is 2.32. The molecular weight excluding hydrogens is 755 g/mol. The largest absolute Gasteiger partial charge is 0.368 e. The second kappa shape index (κ2) is 22.7. The van der Waals surface area contributed by atoms with Crippen molar-refractivity contribution in [3.63, 3.8) is 0 Å². The molecule has 3 aromatic rings. The highest BCUT2D eigenvalue weighted by atomic mass is 16.2. The predicted molar refractivity (Wildman–Crippen MR) is 224 cm³/mol. The van der Waals surface area contributed by atoms with E-state index in [2.05, 4.69) is 43.5 Å². The highest BCUT2D eigenvalue weighted by Crippen LogP contribution is 2.19. The van der Waals surface area contributed by atoms with Crippen LogP contribution in [0.1, 0.15) is 70.4 Å². The van der Waals surface area contributed by atoms with Gasteiger partial charge in [0.2, 0.25) is 29.5 Å². The number of primary amides is 1. The maximum atomic E-state index is 14.2. The molecule has 0 aliphatic carbocycles. The average molecular weight is 814 g/mol. The van der Waals surface area contributed by atoms with Gasteiger partial charge in [-0.25, -0.2) is 10.6 Å². The molecule has 0 radical (unpaired) electrons. The van der Waals surface area contributed by atoms with Gasteiger partial charge < -0.3 is 47.9 Å². The number of hydrogen-bond donors (Lipinski definition) is 9. The molecule has 0 spiro atoms. The Bertz CT molecular complexity index is 1960. The number of para-hydroxylation sites is 1. The van der Waals surface area contributed by atoms with Gasteiger partial charge in [-0.15, -0.1) is 0 Å². The monoisotopic (exact) mass is 813 g/mol. The molecule has 1 aliphatic heterocycles. The average Bonchev–Trinajstić information content (AvgIpc) is 3.62.